The summed E-state index contributed by atoms with van der Waals surface area (Å²) in [4.78, 5) is 13.2. The fourth-order valence-electron chi connectivity index (χ4n) is 6.57. The Morgan fingerprint density at radius 2 is 1.30 bits per heavy atom. The average Bonchev–Trinajstić information content (AvgIpc) is 2.94. The summed E-state index contributed by atoms with van der Waals surface area (Å²) in [6.07, 6.45) is 11.8. The van der Waals surface area contributed by atoms with Gasteiger partial charge in [-0.05, 0) is 0 Å². The van der Waals surface area contributed by atoms with E-state index in [4.69, 9.17) is 0 Å². The average molecular weight is 595 g/mol. The Hall–Kier alpha value is -2.39. The molecular formula is C35H40OSn. The van der Waals surface area contributed by atoms with Crippen LogP contribution in [0.4, 0.5) is 0 Å². The number of ketones is 1. The van der Waals surface area contributed by atoms with E-state index in [0.29, 0.717) is 0 Å². The van der Waals surface area contributed by atoms with Crippen LogP contribution in [0, 0.1) is 0 Å². The van der Waals surface area contributed by atoms with E-state index in [2.05, 4.69) is 93.6 Å². The minimum atomic E-state index is -2.85. The molecule has 0 unspecified atom stereocenters. The van der Waals surface area contributed by atoms with E-state index in [1.54, 1.807) is 3.58 Å². The van der Waals surface area contributed by atoms with E-state index in [9.17, 15) is 4.79 Å². The van der Waals surface area contributed by atoms with Crippen molar-refractivity contribution in [1.29, 1.82) is 0 Å². The van der Waals surface area contributed by atoms with Crippen molar-refractivity contribution in [3.8, 4) is 11.1 Å². The molecule has 0 saturated carbocycles. The summed E-state index contributed by atoms with van der Waals surface area (Å²) in [5.74, 6) is 0.132. The summed E-state index contributed by atoms with van der Waals surface area (Å²) < 4.78 is 5.99. The molecule has 0 spiro atoms. The molecule has 0 radical (unpaired) electrons. The Morgan fingerprint density at radius 1 is 0.676 bits per heavy atom. The zero-order valence-corrected chi connectivity index (χ0v) is 25.6. The Labute approximate surface area is 226 Å². The minimum absolute atomic E-state index is 0.132. The van der Waals surface area contributed by atoms with Gasteiger partial charge in [0, 0.05) is 0 Å². The summed E-state index contributed by atoms with van der Waals surface area (Å²) in [5, 5.41) is 4.92. The predicted octanol–water partition coefficient (Wildman–Crippen LogP) is 9.93. The Balaban J connectivity index is 1.94. The molecule has 4 aromatic carbocycles. The van der Waals surface area contributed by atoms with Gasteiger partial charge in [-0.15, -0.1) is 0 Å². The topological polar surface area (TPSA) is 17.1 Å². The van der Waals surface area contributed by atoms with Crippen molar-refractivity contribution < 1.29 is 4.79 Å². The van der Waals surface area contributed by atoms with Gasteiger partial charge in [-0.3, -0.25) is 0 Å². The van der Waals surface area contributed by atoms with Crippen molar-refractivity contribution >= 4 is 55.4 Å². The van der Waals surface area contributed by atoms with Crippen molar-refractivity contribution in [1.82, 2.24) is 0 Å². The van der Waals surface area contributed by atoms with Gasteiger partial charge in [0.2, 0.25) is 0 Å². The summed E-state index contributed by atoms with van der Waals surface area (Å²) in [6.45, 7) is 7.06. The van der Waals surface area contributed by atoms with E-state index >= 15 is 0 Å². The third-order valence-corrected chi connectivity index (χ3v) is 24.1. The van der Waals surface area contributed by atoms with Crippen molar-refractivity contribution in [3.63, 3.8) is 0 Å². The first-order valence-electron chi connectivity index (χ1n) is 14.4. The third-order valence-electron chi connectivity index (χ3n) is 8.51. The van der Waals surface area contributed by atoms with E-state index in [-0.39, 0.29) is 5.78 Å². The van der Waals surface area contributed by atoms with Crippen LogP contribution in [0.5, 0.6) is 0 Å². The number of carbonyl (C=O) groups excluding carboxylic acids is 1. The van der Waals surface area contributed by atoms with Crippen molar-refractivity contribution in [2.75, 3.05) is 0 Å². The Kier molecular flexibility index (Phi) is 8.19. The number of rotatable bonds is 11. The Bertz CT molecular complexity index is 1430. The van der Waals surface area contributed by atoms with Gasteiger partial charge in [0.25, 0.3) is 0 Å². The second-order valence-corrected chi connectivity index (χ2v) is 24.1. The molecule has 0 saturated heterocycles. The standard InChI is InChI=1S/C23H13O.3C4H9.Sn/c24-22-13-12-20-18(15-6-2-1-3-7-15)10-11-19-17-9-5-4-8-16(17)14-21(22)23(19)20;3*1-3-4-2;/h1-9,11-14H;3*1,3-4H2,2H3;. The van der Waals surface area contributed by atoms with Gasteiger partial charge in [-0.25, -0.2) is 0 Å². The number of hydrogen-bond donors (Lipinski definition) is 0. The fourth-order valence-corrected chi connectivity index (χ4v) is 23.4. The molecule has 0 amide bonds. The maximum absolute atomic E-state index is 13.2. The molecule has 0 bridgehead atoms. The molecule has 1 aliphatic rings. The number of fused-ring (bicyclic) bond motifs is 2. The van der Waals surface area contributed by atoms with Crippen LogP contribution in [0.25, 0.3) is 38.7 Å². The van der Waals surface area contributed by atoms with Gasteiger partial charge in [-0.1, -0.05) is 0 Å². The zero-order valence-electron chi connectivity index (χ0n) is 22.8. The number of hydrogen-bond acceptors (Lipinski definition) is 1. The van der Waals surface area contributed by atoms with E-state index in [0.717, 1.165) is 10.9 Å². The Morgan fingerprint density at radius 3 is 1.95 bits per heavy atom. The quantitative estimate of drug-likeness (QED) is 0.125. The first-order chi connectivity index (χ1) is 18.1. The normalized spacial score (nSPS) is 13.1. The van der Waals surface area contributed by atoms with Crippen molar-refractivity contribution in [2.24, 2.45) is 0 Å². The summed E-state index contributed by atoms with van der Waals surface area (Å²) >= 11 is -2.85. The second-order valence-electron chi connectivity index (χ2n) is 10.9. The molecule has 37 heavy (non-hydrogen) atoms. The van der Waals surface area contributed by atoms with Crippen LogP contribution >= 0.6 is 0 Å². The van der Waals surface area contributed by atoms with E-state index in [1.807, 2.05) is 6.08 Å². The van der Waals surface area contributed by atoms with Crippen LogP contribution in [0.3, 0.4) is 0 Å². The molecule has 2 heteroatoms. The van der Waals surface area contributed by atoms with Crippen molar-refractivity contribution in [2.45, 2.75) is 72.6 Å². The molecule has 0 aliphatic heterocycles. The number of carbonyl (C=O) groups is 1. The van der Waals surface area contributed by atoms with Gasteiger partial charge in [0.1, 0.15) is 0 Å². The molecule has 190 valence electrons. The fraction of sp³-hybridized carbons (Fsp3) is 0.343. The summed E-state index contributed by atoms with van der Waals surface area (Å²) in [5.41, 5.74) is 4.90. The third kappa shape index (κ3) is 4.92. The van der Waals surface area contributed by atoms with Gasteiger partial charge in [0.15, 0.2) is 0 Å². The van der Waals surface area contributed by atoms with Gasteiger partial charge in [0.05, 0.1) is 0 Å². The van der Waals surface area contributed by atoms with Crippen molar-refractivity contribution in [3.05, 3.63) is 83.9 Å². The van der Waals surface area contributed by atoms with Crippen LogP contribution in [-0.2, 0) is 0 Å². The molecule has 0 atom stereocenters. The first-order valence-corrected chi connectivity index (χ1v) is 21.9. The molecule has 0 heterocycles. The SMILES string of the molecule is CCC[CH2][Sn]([CH2]CCC)([CH2]CCC)[c]1cc2c3c(cc4ccccc42)C(=O)C=Cc3c1-c1ccccc1. The van der Waals surface area contributed by atoms with Crippen LogP contribution in [-0.4, -0.2) is 24.2 Å². The van der Waals surface area contributed by atoms with Crippen LogP contribution in [0.15, 0.2) is 72.8 Å². The first kappa shape index (κ1) is 26.2. The number of benzene rings is 4. The van der Waals surface area contributed by atoms with Crippen LogP contribution < -0.4 is 3.58 Å². The number of unbranched alkanes of at least 4 members (excludes halogenated alkanes) is 3. The molecule has 0 aromatic heterocycles. The van der Waals surface area contributed by atoms with Gasteiger partial charge < -0.3 is 0 Å². The summed E-state index contributed by atoms with van der Waals surface area (Å²) in [6, 6.07) is 24.5. The zero-order chi connectivity index (χ0) is 25.8. The molecule has 0 N–H and O–H groups in total. The second kappa shape index (κ2) is 11.6. The monoisotopic (exact) mass is 596 g/mol. The van der Waals surface area contributed by atoms with Crippen LogP contribution in [0.1, 0.15) is 75.2 Å². The maximum atomic E-state index is 13.2. The van der Waals surface area contributed by atoms with E-state index < -0.39 is 18.4 Å². The molecule has 0 fully saturated rings. The predicted molar refractivity (Wildman–Crippen MR) is 165 cm³/mol. The van der Waals surface area contributed by atoms with E-state index in [1.165, 1.54) is 84.7 Å². The molecular weight excluding hydrogens is 555 g/mol. The molecule has 5 rings (SSSR count). The molecule has 4 aromatic rings. The number of allylic oxidation sites excluding steroid dienone is 1. The van der Waals surface area contributed by atoms with Gasteiger partial charge in [-0.2, -0.15) is 0 Å². The van der Waals surface area contributed by atoms with Crippen LogP contribution in [0.2, 0.25) is 13.3 Å². The molecule has 1 nitrogen and oxygen atoms in total. The molecule has 1 aliphatic carbocycles. The van der Waals surface area contributed by atoms with Gasteiger partial charge >= 0.3 is 228 Å². The summed E-state index contributed by atoms with van der Waals surface area (Å²) in [7, 11) is 0.